The summed E-state index contributed by atoms with van der Waals surface area (Å²) in [5, 5.41) is 9.02. The number of carboxylic acids is 1. The van der Waals surface area contributed by atoms with Gasteiger partial charge in [0.15, 0.2) is 0 Å². The van der Waals surface area contributed by atoms with E-state index < -0.39 is 5.97 Å². The number of carboxylic acid groups (broad SMARTS) is 1. The summed E-state index contributed by atoms with van der Waals surface area (Å²) >= 11 is 0. The molecule has 0 aliphatic heterocycles. The lowest BCUT2D eigenvalue weighted by Crippen LogP contribution is -2.18. The molecule has 78 valence electrons. The van der Waals surface area contributed by atoms with Crippen molar-refractivity contribution in [2.45, 2.75) is 32.0 Å². The summed E-state index contributed by atoms with van der Waals surface area (Å²) < 4.78 is 0. The first-order chi connectivity index (χ1) is 6.69. The van der Waals surface area contributed by atoms with Crippen LogP contribution in [0.5, 0.6) is 0 Å². The Hall–Kier alpha value is -0.505. The first kappa shape index (κ1) is 11.6. The van der Waals surface area contributed by atoms with Crippen LogP contribution in [-0.4, -0.2) is 25.5 Å². The molecule has 1 aliphatic rings. The summed E-state index contributed by atoms with van der Waals surface area (Å²) in [6.07, 6.45) is 4.22. The summed E-state index contributed by atoms with van der Waals surface area (Å²) in [6, 6.07) is 0. The van der Waals surface area contributed by atoms with Crippen LogP contribution in [0.15, 0.2) is 0 Å². The molecule has 0 spiro atoms. The highest BCUT2D eigenvalue weighted by Gasteiger charge is 2.37. The molecule has 0 amide bonds. The molecule has 0 bridgehead atoms. The number of aliphatic carboxylic acids is 1. The number of carbonyl (C=O) groups is 1. The van der Waals surface area contributed by atoms with Crippen LogP contribution in [0.4, 0.5) is 0 Å². The maximum absolute atomic E-state index is 11.0. The van der Waals surface area contributed by atoms with Crippen molar-refractivity contribution in [1.82, 2.24) is 0 Å². The molecule has 0 unspecified atom stereocenters. The van der Waals surface area contributed by atoms with Crippen molar-refractivity contribution in [2.75, 3.05) is 6.54 Å². The van der Waals surface area contributed by atoms with Crippen LogP contribution in [-0.2, 0) is 4.79 Å². The highest BCUT2D eigenvalue weighted by Crippen LogP contribution is 2.38. The van der Waals surface area contributed by atoms with Gasteiger partial charge in [0, 0.05) is 0 Å². The van der Waals surface area contributed by atoms with E-state index in [-0.39, 0.29) is 5.92 Å². The van der Waals surface area contributed by atoms with Crippen molar-refractivity contribution < 1.29 is 9.90 Å². The second kappa shape index (κ2) is 5.39. The zero-order valence-corrected chi connectivity index (χ0v) is 8.48. The second-order valence-corrected chi connectivity index (χ2v) is 4.21. The van der Waals surface area contributed by atoms with Gasteiger partial charge in [0.05, 0.1) is 13.8 Å². The van der Waals surface area contributed by atoms with Crippen LogP contribution in [0.2, 0.25) is 6.32 Å². The molecule has 0 heterocycles. The van der Waals surface area contributed by atoms with Crippen molar-refractivity contribution in [3.63, 3.8) is 0 Å². The quantitative estimate of drug-likeness (QED) is 0.644. The minimum absolute atomic E-state index is 0.185. The van der Waals surface area contributed by atoms with Crippen molar-refractivity contribution in [1.29, 1.82) is 0 Å². The molecule has 1 fully saturated rings. The van der Waals surface area contributed by atoms with Crippen LogP contribution in [0.3, 0.4) is 0 Å². The van der Waals surface area contributed by atoms with Gasteiger partial charge in [-0.3, -0.25) is 4.79 Å². The van der Waals surface area contributed by atoms with E-state index in [1.165, 1.54) is 0 Å². The Bertz CT molecular complexity index is 199. The van der Waals surface area contributed by atoms with E-state index in [4.69, 9.17) is 18.7 Å². The lowest BCUT2D eigenvalue weighted by atomic mass is 9.88. The summed E-state index contributed by atoms with van der Waals surface area (Å²) in [5.41, 5.74) is 5.57. The molecule has 14 heavy (non-hydrogen) atoms. The Morgan fingerprint density at radius 2 is 2.21 bits per heavy atom. The van der Waals surface area contributed by atoms with Crippen molar-refractivity contribution >= 4 is 13.8 Å². The van der Waals surface area contributed by atoms with Crippen LogP contribution >= 0.6 is 0 Å². The standard InChI is InChI=1S/C10H18BNO2/c11-3-1-2-8-4-7(6-12)5-9(8)10(13)14/h7-9H,1-6,12H2,(H,13,14)/t7-,8+,9-/m1/s1. The van der Waals surface area contributed by atoms with Gasteiger partial charge < -0.3 is 10.8 Å². The van der Waals surface area contributed by atoms with Gasteiger partial charge >= 0.3 is 5.97 Å². The Balaban J connectivity index is 2.48. The SMILES string of the molecule is [B]CCC[C@H]1C[C@@H](CN)C[C@H]1C(=O)O. The van der Waals surface area contributed by atoms with E-state index in [2.05, 4.69) is 0 Å². The van der Waals surface area contributed by atoms with E-state index in [1.807, 2.05) is 0 Å². The fourth-order valence-corrected chi connectivity index (χ4v) is 2.43. The molecule has 1 saturated carbocycles. The van der Waals surface area contributed by atoms with E-state index >= 15 is 0 Å². The minimum atomic E-state index is -0.664. The van der Waals surface area contributed by atoms with Crippen LogP contribution in [0, 0.1) is 17.8 Å². The van der Waals surface area contributed by atoms with Crippen LogP contribution in [0.1, 0.15) is 25.7 Å². The second-order valence-electron chi connectivity index (χ2n) is 4.21. The largest absolute Gasteiger partial charge is 0.481 e. The van der Waals surface area contributed by atoms with Gasteiger partial charge in [0.1, 0.15) is 0 Å². The predicted molar refractivity (Wildman–Crippen MR) is 56.2 cm³/mol. The third-order valence-corrected chi connectivity index (χ3v) is 3.22. The third-order valence-electron chi connectivity index (χ3n) is 3.22. The first-order valence-electron chi connectivity index (χ1n) is 5.32. The Kier molecular flexibility index (Phi) is 4.46. The van der Waals surface area contributed by atoms with Gasteiger partial charge in [-0.05, 0) is 31.2 Å². The average molecular weight is 195 g/mol. The summed E-state index contributed by atoms with van der Waals surface area (Å²) in [7, 11) is 5.42. The van der Waals surface area contributed by atoms with E-state index in [0.29, 0.717) is 24.7 Å². The summed E-state index contributed by atoms with van der Waals surface area (Å²) in [5.74, 6) is -0.151. The Labute approximate surface area is 86.5 Å². The maximum Gasteiger partial charge on any atom is 0.306 e. The molecule has 0 saturated heterocycles. The molecular weight excluding hydrogens is 177 g/mol. The predicted octanol–water partition coefficient (Wildman–Crippen LogP) is 1.04. The van der Waals surface area contributed by atoms with Crippen LogP contribution in [0.25, 0.3) is 0 Å². The van der Waals surface area contributed by atoms with E-state index in [1.54, 1.807) is 0 Å². The number of hydrogen-bond donors (Lipinski definition) is 2. The maximum atomic E-state index is 11.0. The average Bonchev–Trinajstić information content (AvgIpc) is 2.58. The van der Waals surface area contributed by atoms with Gasteiger partial charge in [0.2, 0.25) is 0 Å². The van der Waals surface area contributed by atoms with Crippen molar-refractivity contribution in [3.05, 3.63) is 0 Å². The molecule has 3 nitrogen and oxygen atoms in total. The summed E-state index contributed by atoms with van der Waals surface area (Å²) in [6.45, 7) is 0.614. The summed E-state index contributed by atoms with van der Waals surface area (Å²) in [4.78, 5) is 11.0. The zero-order chi connectivity index (χ0) is 10.6. The molecule has 1 aliphatic carbocycles. The molecule has 0 aromatic rings. The van der Waals surface area contributed by atoms with E-state index in [9.17, 15) is 4.79 Å². The lowest BCUT2D eigenvalue weighted by molar-refractivity contribution is -0.143. The van der Waals surface area contributed by atoms with Gasteiger partial charge in [-0.15, -0.1) is 0 Å². The highest BCUT2D eigenvalue weighted by molar-refractivity contribution is 6.08. The van der Waals surface area contributed by atoms with Gasteiger partial charge in [-0.2, -0.15) is 0 Å². The van der Waals surface area contributed by atoms with Gasteiger partial charge in [-0.25, -0.2) is 0 Å². The lowest BCUT2D eigenvalue weighted by Gasteiger charge is -2.14. The Morgan fingerprint density at radius 1 is 1.50 bits per heavy atom. The molecule has 4 heteroatoms. The minimum Gasteiger partial charge on any atom is -0.481 e. The monoisotopic (exact) mass is 195 g/mol. The smallest absolute Gasteiger partial charge is 0.306 e. The molecule has 0 aromatic heterocycles. The fourth-order valence-electron chi connectivity index (χ4n) is 2.43. The number of hydrogen-bond acceptors (Lipinski definition) is 2. The molecular formula is C10H18BNO2. The zero-order valence-electron chi connectivity index (χ0n) is 8.48. The van der Waals surface area contributed by atoms with Gasteiger partial charge in [0.25, 0.3) is 0 Å². The highest BCUT2D eigenvalue weighted by atomic mass is 16.4. The number of nitrogens with two attached hydrogens (primary N) is 1. The molecule has 1 rings (SSSR count). The normalized spacial score (nSPS) is 31.9. The van der Waals surface area contributed by atoms with Gasteiger partial charge in [-0.1, -0.05) is 19.2 Å². The fraction of sp³-hybridized carbons (Fsp3) is 0.900. The molecule has 2 radical (unpaired) electrons. The Morgan fingerprint density at radius 3 is 2.71 bits per heavy atom. The van der Waals surface area contributed by atoms with Crippen molar-refractivity contribution in [2.24, 2.45) is 23.5 Å². The van der Waals surface area contributed by atoms with Crippen molar-refractivity contribution in [3.8, 4) is 0 Å². The molecule has 3 atom stereocenters. The first-order valence-corrected chi connectivity index (χ1v) is 5.32. The van der Waals surface area contributed by atoms with Crippen LogP contribution < -0.4 is 5.73 Å². The topological polar surface area (TPSA) is 63.3 Å². The molecule has 0 aromatic carbocycles. The molecule has 3 N–H and O–H groups in total. The third kappa shape index (κ3) is 2.74. The number of rotatable bonds is 5. The van der Waals surface area contributed by atoms with E-state index in [0.717, 1.165) is 25.7 Å².